The third-order valence-electron chi connectivity index (χ3n) is 5.22. The second-order valence-electron chi connectivity index (χ2n) is 7.00. The standard InChI is InChI=1S/C23H19F2N3O2/c1-26-21(29)14-3-12-19-20(13-14)28(2)22(27-19)23(30,15-4-8-17(24)9-5-15)16-6-10-18(25)11-7-16/h3-13,30H,1-2H3,(H,26,29). The summed E-state index contributed by atoms with van der Waals surface area (Å²) < 4.78 is 28.8. The number of fused-ring (bicyclic) bond motifs is 1. The lowest BCUT2D eigenvalue weighted by Gasteiger charge is -2.29. The highest BCUT2D eigenvalue weighted by atomic mass is 19.1. The summed E-state index contributed by atoms with van der Waals surface area (Å²) in [5.41, 5.74) is 0.631. The zero-order chi connectivity index (χ0) is 21.5. The van der Waals surface area contributed by atoms with Gasteiger partial charge in [-0.3, -0.25) is 4.79 Å². The van der Waals surface area contributed by atoms with Crippen LogP contribution >= 0.6 is 0 Å². The predicted octanol–water partition coefficient (Wildman–Crippen LogP) is 3.50. The van der Waals surface area contributed by atoms with E-state index in [-0.39, 0.29) is 11.7 Å². The van der Waals surface area contributed by atoms with E-state index in [2.05, 4.69) is 10.3 Å². The number of carbonyl (C=O) groups is 1. The molecule has 4 rings (SSSR count). The predicted molar refractivity (Wildman–Crippen MR) is 109 cm³/mol. The Morgan fingerprint density at radius 1 is 0.967 bits per heavy atom. The molecule has 0 atom stereocenters. The van der Waals surface area contributed by atoms with Crippen LogP contribution in [0.1, 0.15) is 27.3 Å². The van der Waals surface area contributed by atoms with E-state index in [0.29, 0.717) is 27.7 Å². The van der Waals surface area contributed by atoms with Crippen LogP contribution in [0.15, 0.2) is 66.7 Å². The van der Waals surface area contributed by atoms with Crippen molar-refractivity contribution in [2.45, 2.75) is 5.60 Å². The first-order valence-electron chi connectivity index (χ1n) is 9.28. The van der Waals surface area contributed by atoms with Crippen LogP contribution in [-0.4, -0.2) is 27.6 Å². The van der Waals surface area contributed by atoms with Gasteiger partial charge in [-0.15, -0.1) is 0 Å². The third-order valence-corrected chi connectivity index (χ3v) is 5.22. The van der Waals surface area contributed by atoms with Gasteiger partial charge in [-0.05, 0) is 53.6 Å². The minimum Gasteiger partial charge on any atom is -0.373 e. The first-order chi connectivity index (χ1) is 14.3. The number of nitrogens with zero attached hydrogens (tertiary/aromatic N) is 2. The molecule has 2 N–H and O–H groups in total. The maximum atomic E-state index is 13.5. The van der Waals surface area contributed by atoms with E-state index in [0.717, 1.165) is 0 Å². The van der Waals surface area contributed by atoms with Gasteiger partial charge >= 0.3 is 0 Å². The first-order valence-corrected chi connectivity index (χ1v) is 9.28. The van der Waals surface area contributed by atoms with Crippen molar-refractivity contribution in [2.75, 3.05) is 7.05 Å². The molecule has 152 valence electrons. The first kappa shape index (κ1) is 19.7. The molecule has 3 aromatic carbocycles. The third kappa shape index (κ3) is 3.13. The SMILES string of the molecule is CNC(=O)c1ccc2nc(C(O)(c3ccc(F)cc3)c3ccc(F)cc3)n(C)c2c1. The molecular formula is C23H19F2N3O2. The molecule has 0 fully saturated rings. The van der Waals surface area contributed by atoms with Gasteiger partial charge < -0.3 is 15.0 Å². The Morgan fingerprint density at radius 2 is 1.50 bits per heavy atom. The molecule has 0 unspecified atom stereocenters. The average Bonchev–Trinajstić information content (AvgIpc) is 3.10. The second-order valence-corrected chi connectivity index (χ2v) is 7.00. The number of aliphatic hydroxyl groups is 1. The highest BCUT2D eigenvalue weighted by Gasteiger charge is 2.38. The van der Waals surface area contributed by atoms with Crippen molar-refractivity contribution in [1.29, 1.82) is 0 Å². The van der Waals surface area contributed by atoms with Gasteiger partial charge in [0.05, 0.1) is 11.0 Å². The molecule has 0 aliphatic carbocycles. The minimum absolute atomic E-state index is 0.244. The number of rotatable bonds is 4. The van der Waals surface area contributed by atoms with Crippen LogP contribution in [0.25, 0.3) is 11.0 Å². The summed E-state index contributed by atoms with van der Waals surface area (Å²) in [6, 6.07) is 15.9. The van der Waals surface area contributed by atoms with E-state index >= 15 is 0 Å². The van der Waals surface area contributed by atoms with Gasteiger partial charge in [0, 0.05) is 19.7 Å². The monoisotopic (exact) mass is 407 g/mol. The molecule has 30 heavy (non-hydrogen) atoms. The van der Waals surface area contributed by atoms with E-state index in [1.165, 1.54) is 48.5 Å². The number of imidazole rings is 1. The molecule has 1 aromatic heterocycles. The highest BCUT2D eigenvalue weighted by molar-refractivity contribution is 5.97. The van der Waals surface area contributed by atoms with Crippen molar-refractivity contribution < 1.29 is 18.7 Å². The lowest BCUT2D eigenvalue weighted by Crippen LogP contribution is -2.32. The van der Waals surface area contributed by atoms with Crippen molar-refractivity contribution in [3.05, 3.63) is 101 Å². The Labute approximate surface area is 171 Å². The van der Waals surface area contributed by atoms with Crippen LogP contribution in [0.3, 0.4) is 0 Å². The molecule has 0 bridgehead atoms. The minimum atomic E-state index is -1.78. The fraction of sp³-hybridized carbons (Fsp3) is 0.130. The number of aryl methyl sites for hydroxylation is 1. The fourth-order valence-electron chi connectivity index (χ4n) is 3.61. The Bertz CT molecular complexity index is 1190. The van der Waals surface area contributed by atoms with Crippen molar-refractivity contribution in [1.82, 2.24) is 14.9 Å². The number of halogens is 2. The van der Waals surface area contributed by atoms with E-state index in [1.807, 2.05) is 0 Å². The smallest absolute Gasteiger partial charge is 0.251 e. The van der Waals surface area contributed by atoms with Crippen LogP contribution in [0.5, 0.6) is 0 Å². The topological polar surface area (TPSA) is 67.2 Å². The molecular weight excluding hydrogens is 388 g/mol. The van der Waals surface area contributed by atoms with E-state index < -0.39 is 17.2 Å². The van der Waals surface area contributed by atoms with E-state index in [1.54, 1.807) is 36.9 Å². The second kappa shape index (κ2) is 7.35. The van der Waals surface area contributed by atoms with Crippen LogP contribution in [0.2, 0.25) is 0 Å². The Morgan fingerprint density at radius 3 is 2.00 bits per heavy atom. The van der Waals surface area contributed by atoms with E-state index in [4.69, 9.17) is 0 Å². The van der Waals surface area contributed by atoms with Gasteiger partial charge in [-0.1, -0.05) is 24.3 Å². The number of hydrogen-bond donors (Lipinski definition) is 2. The van der Waals surface area contributed by atoms with Gasteiger partial charge in [-0.2, -0.15) is 0 Å². The number of nitrogens with one attached hydrogen (secondary N) is 1. The number of aromatic nitrogens is 2. The van der Waals surface area contributed by atoms with Gasteiger partial charge in [-0.25, -0.2) is 13.8 Å². The summed E-state index contributed by atoms with van der Waals surface area (Å²) >= 11 is 0. The summed E-state index contributed by atoms with van der Waals surface area (Å²) in [7, 11) is 3.26. The molecule has 0 saturated heterocycles. The Balaban J connectivity index is 1.98. The maximum Gasteiger partial charge on any atom is 0.251 e. The summed E-state index contributed by atoms with van der Waals surface area (Å²) in [5, 5.41) is 14.5. The van der Waals surface area contributed by atoms with Crippen molar-refractivity contribution in [3.8, 4) is 0 Å². The van der Waals surface area contributed by atoms with Gasteiger partial charge in [0.1, 0.15) is 11.6 Å². The molecule has 0 saturated carbocycles. The summed E-state index contributed by atoms with van der Waals surface area (Å²) in [6.07, 6.45) is 0. The summed E-state index contributed by atoms with van der Waals surface area (Å²) in [5.74, 6) is -0.877. The van der Waals surface area contributed by atoms with Crippen molar-refractivity contribution in [2.24, 2.45) is 7.05 Å². The Kier molecular flexibility index (Phi) is 4.83. The lowest BCUT2D eigenvalue weighted by molar-refractivity contribution is 0.0963. The van der Waals surface area contributed by atoms with Gasteiger partial charge in [0.15, 0.2) is 11.4 Å². The molecule has 7 heteroatoms. The number of carbonyl (C=O) groups excluding carboxylic acids is 1. The molecule has 1 heterocycles. The normalized spacial score (nSPS) is 11.6. The van der Waals surface area contributed by atoms with Gasteiger partial charge in [0.2, 0.25) is 0 Å². The lowest BCUT2D eigenvalue weighted by atomic mass is 9.85. The van der Waals surface area contributed by atoms with Gasteiger partial charge in [0.25, 0.3) is 5.91 Å². The summed E-state index contributed by atoms with van der Waals surface area (Å²) in [6.45, 7) is 0. The average molecular weight is 407 g/mol. The van der Waals surface area contributed by atoms with E-state index in [9.17, 15) is 18.7 Å². The quantitative estimate of drug-likeness (QED) is 0.544. The molecule has 4 aromatic rings. The Hall–Kier alpha value is -3.58. The number of benzene rings is 3. The zero-order valence-corrected chi connectivity index (χ0v) is 16.4. The molecule has 0 radical (unpaired) electrons. The number of hydrogen-bond acceptors (Lipinski definition) is 3. The van der Waals surface area contributed by atoms with Crippen LogP contribution < -0.4 is 5.32 Å². The summed E-state index contributed by atoms with van der Waals surface area (Å²) in [4.78, 5) is 16.6. The maximum absolute atomic E-state index is 13.5. The number of amides is 1. The van der Waals surface area contributed by atoms with Crippen molar-refractivity contribution >= 4 is 16.9 Å². The van der Waals surface area contributed by atoms with Crippen LogP contribution in [0.4, 0.5) is 8.78 Å². The van der Waals surface area contributed by atoms with Crippen LogP contribution in [-0.2, 0) is 12.6 Å². The van der Waals surface area contributed by atoms with Crippen molar-refractivity contribution in [3.63, 3.8) is 0 Å². The largest absolute Gasteiger partial charge is 0.373 e. The molecule has 5 nitrogen and oxygen atoms in total. The molecule has 0 aliphatic heterocycles. The highest BCUT2D eigenvalue weighted by Crippen LogP contribution is 2.37. The zero-order valence-electron chi connectivity index (χ0n) is 16.4. The molecule has 0 aliphatic rings. The van der Waals surface area contributed by atoms with Crippen LogP contribution in [0, 0.1) is 11.6 Å². The molecule has 0 spiro atoms. The molecule has 1 amide bonds. The fourth-order valence-corrected chi connectivity index (χ4v) is 3.61.